The maximum absolute atomic E-state index is 11.3. The molecule has 0 saturated heterocycles. The van der Waals surface area contributed by atoms with Crippen molar-refractivity contribution >= 4 is 0 Å². The van der Waals surface area contributed by atoms with Crippen molar-refractivity contribution in [2.24, 2.45) is 7.05 Å². The highest BCUT2D eigenvalue weighted by Crippen LogP contribution is 2.13. The maximum atomic E-state index is 11.3. The summed E-state index contributed by atoms with van der Waals surface area (Å²) in [6, 6.07) is 5.01. The van der Waals surface area contributed by atoms with Crippen LogP contribution in [0, 0.1) is 11.3 Å². The topological polar surface area (TPSA) is 74.5 Å². The lowest BCUT2D eigenvalue weighted by molar-refractivity contribution is 0.768. The molecule has 5 heteroatoms. The number of nitrogens with zero attached hydrogens (tertiary/aromatic N) is 3. The van der Waals surface area contributed by atoms with Gasteiger partial charge in [0.15, 0.2) is 0 Å². The Bertz CT molecular complexity index is 588. The SMILES string of the molecule is Cn1cc(-c2ccc(C#N)c(=O)[nH]2)cn1. The molecule has 0 aliphatic heterocycles. The highest BCUT2D eigenvalue weighted by molar-refractivity contribution is 5.57. The fourth-order valence-electron chi connectivity index (χ4n) is 1.29. The lowest BCUT2D eigenvalue weighted by atomic mass is 10.2. The number of rotatable bonds is 1. The summed E-state index contributed by atoms with van der Waals surface area (Å²) < 4.78 is 1.64. The fraction of sp³-hybridized carbons (Fsp3) is 0.100. The third-order valence-corrected chi connectivity index (χ3v) is 2.05. The molecule has 15 heavy (non-hydrogen) atoms. The van der Waals surface area contributed by atoms with Crippen molar-refractivity contribution in [2.75, 3.05) is 0 Å². The van der Waals surface area contributed by atoms with Crippen LogP contribution in [0.1, 0.15) is 5.56 Å². The van der Waals surface area contributed by atoms with Crippen LogP contribution in [0.15, 0.2) is 29.3 Å². The van der Waals surface area contributed by atoms with Crippen molar-refractivity contribution in [1.29, 1.82) is 5.26 Å². The van der Waals surface area contributed by atoms with Gasteiger partial charge in [-0.1, -0.05) is 0 Å². The van der Waals surface area contributed by atoms with Crippen molar-refractivity contribution in [3.8, 4) is 17.3 Å². The van der Waals surface area contributed by atoms with Gasteiger partial charge in [0.1, 0.15) is 11.6 Å². The zero-order chi connectivity index (χ0) is 10.8. The minimum absolute atomic E-state index is 0.114. The van der Waals surface area contributed by atoms with E-state index in [-0.39, 0.29) is 11.1 Å². The summed E-state index contributed by atoms with van der Waals surface area (Å²) in [5.74, 6) is 0. The second-order valence-corrected chi connectivity index (χ2v) is 3.13. The Labute approximate surface area is 85.6 Å². The Morgan fingerprint density at radius 1 is 1.53 bits per heavy atom. The molecule has 5 nitrogen and oxygen atoms in total. The molecule has 0 bridgehead atoms. The number of nitrogens with one attached hydrogen (secondary N) is 1. The van der Waals surface area contributed by atoms with Crippen LogP contribution >= 0.6 is 0 Å². The zero-order valence-corrected chi connectivity index (χ0v) is 8.06. The summed E-state index contributed by atoms with van der Waals surface area (Å²) in [6.45, 7) is 0. The highest BCUT2D eigenvalue weighted by atomic mass is 16.1. The molecule has 0 atom stereocenters. The van der Waals surface area contributed by atoms with E-state index >= 15 is 0 Å². The molecule has 0 amide bonds. The Morgan fingerprint density at radius 2 is 2.33 bits per heavy atom. The quantitative estimate of drug-likeness (QED) is 0.734. The first-order valence-corrected chi connectivity index (χ1v) is 4.33. The molecular weight excluding hydrogens is 192 g/mol. The van der Waals surface area contributed by atoms with Crippen molar-refractivity contribution in [1.82, 2.24) is 14.8 Å². The van der Waals surface area contributed by atoms with Gasteiger partial charge in [-0.05, 0) is 12.1 Å². The van der Waals surface area contributed by atoms with Crippen LogP contribution in [0.4, 0.5) is 0 Å². The normalized spacial score (nSPS) is 9.87. The van der Waals surface area contributed by atoms with Crippen LogP contribution < -0.4 is 5.56 Å². The number of aromatic nitrogens is 3. The standard InChI is InChI=1S/C10H8N4O/c1-14-6-8(5-12-14)9-3-2-7(4-11)10(15)13-9/h2-3,5-6H,1H3,(H,13,15). The first kappa shape index (κ1) is 9.21. The molecule has 2 aromatic heterocycles. The Balaban J connectivity index is 2.53. The summed E-state index contributed by atoms with van der Waals surface area (Å²) in [5, 5.41) is 12.6. The molecule has 2 rings (SSSR count). The molecule has 1 N–H and O–H groups in total. The Hall–Kier alpha value is -2.35. The first-order chi connectivity index (χ1) is 7.20. The molecule has 2 aromatic rings. The van der Waals surface area contributed by atoms with Gasteiger partial charge in [-0.2, -0.15) is 10.4 Å². The second kappa shape index (κ2) is 3.42. The van der Waals surface area contributed by atoms with Crippen molar-refractivity contribution < 1.29 is 0 Å². The molecule has 74 valence electrons. The van der Waals surface area contributed by atoms with Gasteiger partial charge in [-0.25, -0.2) is 0 Å². The molecule has 0 aromatic carbocycles. The van der Waals surface area contributed by atoms with Crippen LogP contribution in [-0.2, 0) is 7.05 Å². The van der Waals surface area contributed by atoms with Gasteiger partial charge in [0.2, 0.25) is 0 Å². The van der Waals surface area contributed by atoms with Gasteiger partial charge in [0.25, 0.3) is 5.56 Å². The van der Waals surface area contributed by atoms with Gasteiger partial charge < -0.3 is 4.98 Å². The summed E-state index contributed by atoms with van der Waals surface area (Å²) in [7, 11) is 1.80. The largest absolute Gasteiger partial charge is 0.321 e. The van der Waals surface area contributed by atoms with Gasteiger partial charge >= 0.3 is 0 Å². The molecule has 0 radical (unpaired) electrons. The number of hydrogen-bond donors (Lipinski definition) is 1. The highest BCUT2D eigenvalue weighted by Gasteiger charge is 2.03. The predicted octanol–water partition coefficient (Wildman–Crippen LogP) is 0.647. The van der Waals surface area contributed by atoms with E-state index in [2.05, 4.69) is 10.1 Å². The molecule has 0 unspecified atom stereocenters. The van der Waals surface area contributed by atoms with E-state index in [9.17, 15) is 4.79 Å². The minimum atomic E-state index is -0.376. The van der Waals surface area contributed by atoms with E-state index < -0.39 is 0 Å². The molecule has 0 fully saturated rings. The van der Waals surface area contributed by atoms with Gasteiger partial charge in [0, 0.05) is 18.8 Å². The molecule has 2 heterocycles. The van der Waals surface area contributed by atoms with E-state index in [4.69, 9.17) is 5.26 Å². The number of pyridine rings is 1. The second-order valence-electron chi connectivity index (χ2n) is 3.13. The average molecular weight is 200 g/mol. The zero-order valence-electron chi connectivity index (χ0n) is 8.06. The molecule has 0 aliphatic carbocycles. The van der Waals surface area contributed by atoms with E-state index in [0.29, 0.717) is 5.69 Å². The smallest absolute Gasteiger partial charge is 0.266 e. The number of aryl methyl sites for hydroxylation is 1. The third kappa shape index (κ3) is 1.65. The van der Waals surface area contributed by atoms with Gasteiger partial charge in [0.05, 0.1) is 11.9 Å². The minimum Gasteiger partial charge on any atom is -0.321 e. The Morgan fingerprint density at radius 3 is 2.87 bits per heavy atom. The van der Waals surface area contributed by atoms with Gasteiger partial charge in [-0.15, -0.1) is 0 Å². The number of H-pyrrole nitrogens is 1. The number of aromatic amines is 1. The molecule has 0 spiro atoms. The van der Waals surface area contributed by atoms with Crippen molar-refractivity contribution in [3.63, 3.8) is 0 Å². The van der Waals surface area contributed by atoms with Crippen LogP contribution in [0.5, 0.6) is 0 Å². The summed E-state index contributed by atoms with van der Waals surface area (Å²) in [4.78, 5) is 14.0. The summed E-state index contributed by atoms with van der Waals surface area (Å²) >= 11 is 0. The number of hydrogen-bond acceptors (Lipinski definition) is 3. The molecule has 0 saturated carbocycles. The molecule has 0 aliphatic rings. The van der Waals surface area contributed by atoms with Crippen molar-refractivity contribution in [3.05, 3.63) is 40.4 Å². The fourth-order valence-corrected chi connectivity index (χ4v) is 1.29. The van der Waals surface area contributed by atoms with E-state index in [1.807, 2.05) is 6.07 Å². The molecular formula is C10H8N4O. The predicted molar refractivity (Wildman–Crippen MR) is 54.0 cm³/mol. The van der Waals surface area contributed by atoms with Crippen molar-refractivity contribution in [2.45, 2.75) is 0 Å². The van der Waals surface area contributed by atoms with Crippen LogP contribution in [0.2, 0.25) is 0 Å². The summed E-state index contributed by atoms with van der Waals surface area (Å²) in [5.41, 5.74) is 1.22. The van der Waals surface area contributed by atoms with Gasteiger partial charge in [-0.3, -0.25) is 9.48 Å². The van der Waals surface area contributed by atoms with E-state index in [1.165, 1.54) is 6.07 Å². The van der Waals surface area contributed by atoms with E-state index in [1.54, 1.807) is 30.2 Å². The van der Waals surface area contributed by atoms with Crippen LogP contribution in [0.25, 0.3) is 11.3 Å². The summed E-state index contributed by atoms with van der Waals surface area (Å²) in [6.07, 6.45) is 3.44. The van der Waals surface area contributed by atoms with Crippen LogP contribution in [-0.4, -0.2) is 14.8 Å². The maximum Gasteiger partial charge on any atom is 0.266 e. The van der Waals surface area contributed by atoms with E-state index in [0.717, 1.165) is 5.56 Å². The average Bonchev–Trinajstić information content (AvgIpc) is 2.65. The number of nitriles is 1. The monoisotopic (exact) mass is 200 g/mol. The van der Waals surface area contributed by atoms with Crippen LogP contribution in [0.3, 0.4) is 0 Å². The lowest BCUT2D eigenvalue weighted by Crippen LogP contribution is -2.09. The lowest BCUT2D eigenvalue weighted by Gasteiger charge is -1.96. The third-order valence-electron chi connectivity index (χ3n) is 2.05. The first-order valence-electron chi connectivity index (χ1n) is 4.33. The Kier molecular flexibility index (Phi) is 2.10.